The number of para-hydroxylation sites is 1. The van der Waals surface area contributed by atoms with Gasteiger partial charge in [-0.05, 0) is 64.1 Å². The Kier molecular flexibility index (Phi) is 6.63. The lowest BCUT2D eigenvalue weighted by Gasteiger charge is -2.08. The summed E-state index contributed by atoms with van der Waals surface area (Å²) in [6, 6.07) is 15.3. The maximum absolute atomic E-state index is 12.7. The summed E-state index contributed by atoms with van der Waals surface area (Å²) in [6.07, 6.45) is 4.64. The van der Waals surface area contributed by atoms with Gasteiger partial charge in [0.15, 0.2) is 6.61 Å². The molecule has 0 N–H and O–H groups in total. The minimum atomic E-state index is -0.580. The van der Waals surface area contributed by atoms with Crippen molar-refractivity contribution in [3.05, 3.63) is 101 Å². The van der Waals surface area contributed by atoms with Crippen LogP contribution in [0.2, 0.25) is 0 Å². The Balaban J connectivity index is 1.40. The van der Waals surface area contributed by atoms with Crippen LogP contribution in [-0.4, -0.2) is 32.7 Å². The maximum atomic E-state index is 12.7. The molecule has 0 aliphatic carbocycles. The number of furan rings is 1. The lowest BCUT2D eigenvalue weighted by Crippen LogP contribution is -2.13. The van der Waals surface area contributed by atoms with E-state index < -0.39 is 5.97 Å². The number of nitrogens with zero attached hydrogens (tertiary/aromatic N) is 3. The van der Waals surface area contributed by atoms with Crippen LogP contribution in [0.25, 0.3) is 11.8 Å². The van der Waals surface area contributed by atoms with Gasteiger partial charge in [0.1, 0.15) is 5.76 Å². The second kappa shape index (κ2) is 9.79. The van der Waals surface area contributed by atoms with Gasteiger partial charge in [0, 0.05) is 34.3 Å². The molecule has 174 valence electrons. The first-order valence-corrected chi connectivity index (χ1v) is 11.0. The molecule has 1 aromatic carbocycles. The molecule has 34 heavy (non-hydrogen) atoms. The number of hydrogen-bond acceptors (Lipinski definition) is 5. The van der Waals surface area contributed by atoms with Gasteiger partial charge in [-0.3, -0.25) is 4.79 Å². The predicted molar refractivity (Wildman–Crippen MR) is 129 cm³/mol. The van der Waals surface area contributed by atoms with E-state index in [1.165, 1.54) is 6.08 Å². The van der Waals surface area contributed by atoms with Gasteiger partial charge in [-0.25, -0.2) is 9.48 Å². The van der Waals surface area contributed by atoms with Crippen molar-refractivity contribution in [3.63, 3.8) is 0 Å². The molecule has 7 nitrogen and oxygen atoms in total. The number of ketones is 1. The molecule has 0 spiro atoms. The van der Waals surface area contributed by atoms with Gasteiger partial charge < -0.3 is 13.7 Å². The van der Waals surface area contributed by atoms with E-state index in [1.54, 1.807) is 12.3 Å². The second-order valence-electron chi connectivity index (χ2n) is 8.15. The van der Waals surface area contributed by atoms with Gasteiger partial charge in [-0.2, -0.15) is 5.10 Å². The molecule has 0 bridgehead atoms. The van der Waals surface area contributed by atoms with E-state index in [2.05, 4.69) is 5.10 Å². The molecule has 3 heterocycles. The number of esters is 1. The van der Waals surface area contributed by atoms with Gasteiger partial charge in [0.2, 0.25) is 5.78 Å². The van der Waals surface area contributed by atoms with Crippen LogP contribution >= 0.6 is 0 Å². The number of benzene rings is 1. The quantitative estimate of drug-likeness (QED) is 0.212. The van der Waals surface area contributed by atoms with Crippen molar-refractivity contribution in [3.8, 4) is 5.69 Å². The van der Waals surface area contributed by atoms with E-state index in [0.29, 0.717) is 12.1 Å². The molecule has 0 amide bonds. The van der Waals surface area contributed by atoms with Gasteiger partial charge in [-0.15, -0.1) is 0 Å². The third kappa shape index (κ3) is 4.78. The van der Waals surface area contributed by atoms with Crippen LogP contribution in [0.1, 0.15) is 44.5 Å². The van der Waals surface area contributed by atoms with Crippen LogP contribution in [0.4, 0.5) is 0 Å². The van der Waals surface area contributed by atoms with Gasteiger partial charge >= 0.3 is 5.97 Å². The van der Waals surface area contributed by atoms with Crippen molar-refractivity contribution in [2.24, 2.45) is 0 Å². The van der Waals surface area contributed by atoms with E-state index in [4.69, 9.17) is 9.15 Å². The van der Waals surface area contributed by atoms with Crippen molar-refractivity contribution < 1.29 is 18.7 Å². The molecule has 3 aromatic heterocycles. The average Bonchev–Trinajstić information content (AvgIpc) is 3.52. The fourth-order valence-corrected chi connectivity index (χ4v) is 4.02. The Morgan fingerprint density at radius 2 is 1.79 bits per heavy atom. The molecule has 0 saturated carbocycles. The van der Waals surface area contributed by atoms with E-state index in [1.807, 2.05) is 85.5 Å². The van der Waals surface area contributed by atoms with Crippen LogP contribution in [0.5, 0.6) is 0 Å². The van der Waals surface area contributed by atoms with Crippen LogP contribution in [0.15, 0.2) is 65.3 Å². The van der Waals surface area contributed by atoms with Crippen LogP contribution in [0.3, 0.4) is 0 Å². The molecule has 0 aliphatic rings. The number of carbonyl (C=O) groups excluding carboxylic acids is 2. The van der Waals surface area contributed by atoms with E-state index >= 15 is 0 Å². The van der Waals surface area contributed by atoms with Crippen LogP contribution in [0, 0.1) is 27.7 Å². The minimum absolute atomic E-state index is 0.246. The summed E-state index contributed by atoms with van der Waals surface area (Å²) in [5, 5.41) is 4.57. The Labute approximate surface area is 198 Å². The van der Waals surface area contributed by atoms with Gasteiger partial charge in [-0.1, -0.05) is 18.2 Å². The summed E-state index contributed by atoms with van der Waals surface area (Å²) in [5.74, 6) is -0.0210. The van der Waals surface area contributed by atoms with Crippen molar-refractivity contribution in [2.45, 2.75) is 34.2 Å². The Morgan fingerprint density at radius 1 is 1.03 bits per heavy atom. The molecule has 4 aromatic rings. The third-order valence-electron chi connectivity index (χ3n) is 5.85. The van der Waals surface area contributed by atoms with Crippen molar-refractivity contribution in [2.75, 3.05) is 6.61 Å². The highest BCUT2D eigenvalue weighted by Gasteiger charge is 2.18. The zero-order valence-corrected chi connectivity index (χ0v) is 19.7. The van der Waals surface area contributed by atoms with E-state index in [0.717, 1.165) is 39.8 Å². The summed E-state index contributed by atoms with van der Waals surface area (Å²) >= 11 is 0. The summed E-state index contributed by atoms with van der Waals surface area (Å²) in [6.45, 7) is 7.85. The molecule has 0 atom stereocenters. The lowest BCUT2D eigenvalue weighted by atomic mass is 10.1. The molecule has 4 rings (SSSR count). The summed E-state index contributed by atoms with van der Waals surface area (Å²) < 4.78 is 14.5. The van der Waals surface area contributed by atoms with Crippen LogP contribution in [-0.2, 0) is 16.1 Å². The predicted octanol–water partition coefficient (Wildman–Crippen LogP) is 4.99. The zero-order chi connectivity index (χ0) is 24.2. The molecule has 0 fully saturated rings. The number of ether oxygens (including phenoxy) is 1. The molecule has 0 aliphatic heterocycles. The van der Waals surface area contributed by atoms with E-state index in [9.17, 15) is 9.59 Å². The average molecular weight is 458 g/mol. The topological polar surface area (TPSA) is 79.3 Å². The number of carbonyl (C=O) groups is 2. The summed E-state index contributed by atoms with van der Waals surface area (Å²) in [5.41, 5.74) is 5.78. The first-order chi connectivity index (χ1) is 16.3. The fraction of sp³-hybridized carbons (Fsp3) is 0.222. The molecule has 0 saturated heterocycles. The number of hydrogen-bond donors (Lipinski definition) is 0. The molecule has 7 heteroatoms. The first-order valence-electron chi connectivity index (χ1n) is 11.0. The third-order valence-corrected chi connectivity index (χ3v) is 5.85. The monoisotopic (exact) mass is 457 g/mol. The number of aryl methyl sites for hydroxylation is 2. The Bertz CT molecular complexity index is 1340. The van der Waals surface area contributed by atoms with Gasteiger partial charge in [0.05, 0.1) is 24.2 Å². The fourth-order valence-electron chi connectivity index (χ4n) is 4.02. The smallest absolute Gasteiger partial charge is 0.331 e. The number of rotatable bonds is 8. The first kappa shape index (κ1) is 23.0. The van der Waals surface area contributed by atoms with E-state index in [-0.39, 0.29) is 12.4 Å². The highest BCUT2D eigenvalue weighted by Crippen LogP contribution is 2.20. The largest absolute Gasteiger partial charge is 0.467 e. The second-order valence-corrected chi connectivity index (χ2v) is 8.15. The Morgan fingerprint density at radius 3 is 2.50 bits per heavy atom. The molecule has 0 unspecified atom stereocenters. The standard InChI is InChI=1S/C27H27N3O4/c1-18-15-25(20(3)29(18)16-23-11-8-14-33-23)26(31)17-34-27(32)13-12-24-19(2)28-30(21(24)4)22-9-6-5-7-10-22/h5-15H,16-17H2,1-4H3. The molecular weight excluding hydrogens is 430 g/mol. The highest BCUT2D eigenvalue weighted by molar-refractivity contribution is 6.00. The highest BCUT2D eigenvalue weighted by atomic mass is 16.5. The van der Waals surface area contributed by atoms with Gasteiger partial charge in [0.25, 0.3) is 0 Å². The zero-order valence-electron chi connectivity index (χ0n) is 19.7. The Hall–Kier alpha value is -4.13. The molecular formula is C27H27N3O4. The minimum Gasteiger partial charge on any atom is -0.467 e. The number of aromatic nitrogens is 3. The van der Waals surface area contributed by atoms with Crippen molar-refractivity contribution in [1.29, 1.82) is 0 Å². The molecule has 0 radical (unpaired) electrons. The number of Topliss-reactive ketones (excluding diaryl/α,β-unsaturated/α-hetero) is 1. The maximum Gasteiger partial charge on any atom is 0.331 e. The lowest BCUT2D eigenvalue weighted by molar-refractivity contribution is -0.136. The van der Waals surface area contributed by atoms with Crippen LogP contribution < -0.4 is 0 Å². The van der Waals surface area contributed by atoms with Crippen molar-refractivity contribution in [1.82, 2.24) is 14.3 Å². The normalized spacial score (nSPS) is 11.3. The SMILES string of the molecule is Cc1nn(-c2ccccc2)c(C)c1C=CC(=O)OCC(=O)c1cc(C)n(Cc2ccco2)c1C. The summed E-state index contributed by atoms with van der Waals surface area (Å²) in [7, 11) is 0. The summed E-state index contributed by atoms with van der Waals surface area (Å²) in [4.78, 5) is 25.0. The van der Waals surface area contributed by atoms with Crippen molar-refractivity contribution >= 4 is 17.8 Å².